The molecule has 0 atom stereocenters. The van der Waals surface area contributed by atoms with Gasteiger partial charge in [-0.2, -0.15) is 31.3 Å². The van der Waals surface area contributed by atoms with E-state index < -0.39 is 110 Å². The van der Waals surface area contributed by atoms with Crippen molar-refractivity contribution >= 4 is 89.8 Å². The van der Waals surface area contributed by atoms with Crippen LogP contribution >= 0.6 is 0 Å². The van der Waals surface area contributed by atoms with Crippen LogP contribution in [0.1, 0.15) is 73.4 Å². The van der Waals surface area contributed by atoms with E-state index in [1.54, 1.807) is 27.7 Å². The zero-order valence-corrected chi connectivity index (χ0v) is 46.6. The van der Waals surface area contributed by atoms with Gasteiger partial charge >= 0.3 is 30.4 Å². The zero-order chi connectivity index (χ0) is 58.6. The van der Waals surface area contributed by atoms with Gasteiger partial charge in [-0.05, 0) is 105 Å². The first kappa shape index (κ1) is 64.3. The Morgan fingerprint density at radius 1 is 0.707 bits per heavy atom. The normalized spacial score (nSPS) is 18.2. The second-order valence-corrected chi connectivity index (χ2v) is 32.1. The molecule has 0 radical (unpaired) electrons. The van der Waals surface area contributed by atoms with E-state index in [0.29, 0.717) is 53.0 Å². The number of aliphatic imine (C=N–C) groups is 2. The number of nitro benzene ring substituents is 2. The average Bonchev–Trinajstić information content (AvgIpc) is 3.79. The molecule has 414 valence electrons. The van der Waals surface area contributed by atoms with Crippen LogP contribution in [0.3, 0.4) is 0 Å². The lowest BCUT2D eigenvalue weighted by molar-refractivity contribution is -0.388. The zero-order valence-electron chi connectivity index (χ0n) is 43.6. The van der Waals surface area contributed by atoms with Crippen LogP contribution in [0.25, 0.3) is 0 Å². The fourth-order valence-corrected chi connectivity index (χ4v) is 9.63. The number of anilines is 1. The number of alkyl halides is 6. The molecule has 6 rings (SSSR count). The van der Waals surface area contributed by atoms with Crippen molar-refractivity contribution in [2.45, 2.75) is 148 Å². The molecule has 9 amide bonds. The van der Waals surface area contributed by atoms with Crippen LogP contribution in [-0.2, 0) is 35.6 Å². The summed E-state index contributed by atoms with van der Waals surface area (Å²) in [6.07, 6.45) is -9.92. The third-order valence-electron chi connectivity index (χ3n) is 10.1. The lowest BCUT2D eigenvalue weighted by Gasteiger charge is -2.27. The number of nitrogens with zero attached hydrogens (tertiary/aromatic N) is 6. The number of amides is 9. The molecule has 2 fully saturated rings. The van der Waals surface area contributed by atoms with E-state index in [1.807, 2.05) is 40.4 Å². The Balaban J connectivity index is 0.000000327. The van der Waals surface area contributed by atoms with Gasteiger partial charge < -0.3 is 30.2 Å². The Bertz CT molecular complexity index is 2700. The first-order chi connectivity index (χ1) is 33.6. The summed E-state index contributed by atoms with van der Waals surface area (Å²) in [5, 5.41) is 31.2. The molecule has 0 bridgehead atoms. The van der Waals surface area contributed by atoms with Gasteiger partial charge in [-0.15, -0.1) is 0 Å². The van der Waals surface area contributed by atoms with Gasteiger partial charge in [-0.25, -0.2) is 23.7 Å². The van der Waals surface area contributed by atoms with Gasteiger partial charge in [0.25, 0.3) is 31.9 Å². The molecule has 0 spiro atoms. The molecular formula is C43H59F7N10O12Si3. The minimum Gasteiger partial charge on any atom is -0.533 e. The van der Waals surface area contributed by atoms with Gasteiger partial charge in [0.2, 0.25) is 20.1 Å². The highest BCUT2D eigenvalue weighted by Gasteiger charge is 2.50. The number of imide groups is 2. The van der Waals surface area contributed by atoms with Crippen molar-refractivity contribution in [3.63, 3.8) is 0 Å². The Morgan fingerprint density at radius 2 is 1.17 bits per heavy atom. The topological polar surface area (TPSA) is 294 Å². The Labute approximate surface area is 429 Å². The summed E-state index contributed by atoms with van der Waals surface area (Å²) in [5.74, 6) is -1.01. The number of benzene rings is 2. The molecule has 0 saturated carbocycles. The van der Waals surface area contributed by atoms with Crippen LogP contribution < -0.4 is 26.2 Å². The summed E-state index contributed by atoms with van der Waals surface area (Å²) >= 11 is 0. The fraction of sp³-hybridized carbons (Fsp3) is 0.535. The first-order valence-electron chi connectivity index (χ1n) is 22.3. The molecule has 32 heteroatoms. The van der Waals surface area contributed by atoms with Crippen LogP contribution in [0.2, 0.25) is 51.4 Å². The summed E-state index contributed by atoms with van der Waals surface area (Å²) < 4.78 is 106. The largest absolute Gasteiger partial charge is 0.533 e. The van der Waals surface area contributed by atoms with Crippen molar-refractivity contribution < 1.29 is 78.2 Å². The maximum atomic E-state index is 12.9. The molecule has 0 aliphatic carbocycles. The fourth-order valence-electron chi connectivity index (χ4n) is 6.40. The molecule has 22 nitrogen and oxygen atoms in total. The van der Waals surface area contributed by atoms with Gasteiger partial charge in [0.1, 0.15) is 44.9 Å². The monoisotopic (exact) mass is 1120 g/mol. The first-order valence-corrected chi connectivity index (χ1v) is 31.0. The minimum atomic E-state index is -4.99. The summed E-state index contributed by atoms with van der Waals surface area (Å²) in [6.45, 7) is 27.5. The van der Waals surface area contributed by atoms with Crippen molar-refractivity contribution in [1.82, 2.24) is 25.8 Å². The number of hydrogen-bond acceptors (Lipinski definition) is 13. The second kappa shape index (κ2) is 23.0. The highest BCUT2D eigenvalue weighted by Crippen LogP contribution is 2.40. The molecule has 2 saturated heterocycles. The van der Waals surface area contributed by atoms with Gasteiger partial charge in [0.05, 0.1) is 15.5 Å². The lowest BCUT2D eigenvalue weighted by Crippen LogP contribution is -2.51. The summed E-state index contributed by atoms with van der Waals surface area (Å²) in [5.41, 5.74) is -8.91. The molecule has 4 aliphatic heterocycles. The van der Waals surface area contributed by atoms with Gasteiger partial charge in [-0.3, -0.25) is 44.2 Å². The molecule has 4 N–H and O–H groups in total. The Hall–Kier alpha value is -6.84. The number of carbonyl (C=O) groups is 6. The number of halogens is 7. The maximum Gasteiger partial charge on any atom is 0.423 e. The smallest absolute Gasteiger partial charge is 0.423 e. The van der Waals surface area contributed by atoms with Crippen LogP contribution in [0.5, 0.6) is 0 Å². The highest BCUT2D eigenvalue weighted by molar-refractivity contribution is 6.78. The van der Waals surface area contributed by atoms with Gasteiger partial charge in [0, 0.05) is 18.2 Å². The molecular weight excluding hydrogens is 1070 g/mol. The quantitative estimate of drug-likeness (QED) is 0.0634. The predicted molar refractivity (Wildman–Crippen MR) is 265 cm³/mol. The number of amidine groups is 1. The van der Waals surface area contributed by atoms with E-state index in [1.165, 1.54) is 18.4 Å². The number of hydrogen-bond donors (Lipinski definition) is 4. The maximum absolute atomic E-state index is 12.9. The summed E-state index contributed by atoms with van der Waals surface area (Å²) in [4.78, 5) is 96.3. The molecule has 75 heavy (non-hydrogen) atoms. The van der Waals surface area contributed by atoms with Crippen LogP contribution in [0, 0.1) is 26.0 Å². The number of carbonyl (C=O) groups excluding carboxylic acids is 6. The van der Waals surface area contributed by atoms with E-state index in [-0.39, 0.29) is 35.6 Å². The van der Waals surface area contributed by atoms with Crippen molar-refractivity contribution in [2.75, 3.05) is 4.90 Å². The van der Waals surface area contributed by atoms with Gasteiger partial charge in [0.15, 0.2) is 8.24 Å². The molecule has 0 unspecified atom stereocenters. The van der Waals surface area contributed by atoms with Crippen molar-refractivity contribution in [2.24, 2.45) is 9.98 Å². The van der Waals surface area contributed by atoms with E-state index in [2.05, 4.69) is 50.9 Å². The van der Waals surface area contributed by atoms with E-state index in [0.717, 1.165) is 6.07 Å². The minimum absolute atomic E-state index is 0.0954. The highest BCUT2D eigenvalue weighted by atomic mass is 28.4. The molecule has 4 heterocycles. The number of nitro groups is 2. The summed E-state index contributed by atoms with van der Waals surface area (Å²) in [6, 6.07) is 2.79. The van der Waals surface area contributed by atoms with Crippen LogP contribution in [-0.4, -0.2) is 109 Å². The van der Waals surface area contributed by atoms with Crippen LogP contribution in [0.4, 0.5) is 62.2 Å². The molecule has 4 aliphatic rings. The van der Waals surface area contributed by atoms with Crippen molar-refractivity contribution in [3.8, 4) is 0 Å². The number of nitrogens with one attached hydrogen (secondary N) is 4. The van der Waals surface area contributed by atoms with E-state index in [9.17, 15) is 84.2 Å². The molecule has 2 aromatic carbocycles. The van der Waals surface area contributed by atoms with E-state index in [4.69, 9.17) is 4.43 Å². The van der Waals surface area contributed by atoms with Crippen LogP contribution in [0.15, 0.2) is 46.4 Å². The lowest BCUT2D eigenvalue weighted by atomic mass is 10.1. The third-order valence-corrected chi connectivity index (χ3v) is 14.2. The number of urea groups is 3. The average molecular weight is 1130 g/mol. The van der Waals surface area contributed by atoms with Gasteiger partial charge in [-0.1, -0.05) is 26.6 Å². The summed E-state index contributed by atoms with van der Waals surface area (Å²) in [7, 11) is -5.11. The standard InChI is InChI=1S/C12H10F3N3O4.2C8H16N2O2Si.C8H14N2O2Si.C7H3F4NO2/c1-11(2)9(19)17(10(20)16-11)6-3-4-8(18(21)22)7(5-6)12(13,14)15;1-8(2)6(11)10(7(12)9-8)13(3,4)5;1-8(2)6(9-7(11)10-8)12-13(3,4)5;1-4-13(12)5-6-9-7(11)8(2,3)10-6;8-4-1-2-6(12(13)14)5(3-4)7(9,10)11/h3-5H,1-2H3,(H,16,20);1-5H3,(H,9,12);1-5H3,(H,10,11);4-5H2,1-3H3,(H,9,10,11);1-3H. The Morgan fingerprint density at radius 3 is 1.51 bits per heavy atom. The Kier molecular flexibility index (Phi) is 19.7. The molecule has 0 aromatic heterocycles. The SMILES string of the molecule is CC1(C)NC(=O)N([Si](C)(C)C)C1=O.CC1(C)NC(=O)N(c2ccc([N+](=O)[O-])c(C(F)(F)F)c2)C1=O.CC1(C)NC(=O)N=C1O[Si](C)(C)C.CC[Si](=O)CC1=NC(C)(C)C(=O)N1.O=[N+]([O-])c1ccc(F)cc1C(F)(F)F. The molecule has 2 aromatic rings. The predicted octanol–water partition coefficient (Wildman–Crippen LogP) is 8.83. The number of rotatable bonds is 8. The van der Waals surface area contributed by atoms with Crippen molar-refractivity contribution in [1.29, 1.82) is 0 Å². The third kappa shape index (κ3) is 17.4. The van der Waals surface area contributed by atoms with Crippen molar-refractivity contribution in [3.05, 3.63) is 73.6 Å². The van der Waals surface area contributed by atoms with E-state index >= 15 is 0 Å². The second-order valence-electron chi connectivity index (χ2n) is 20.8.